The lowest BCUT2D eigenvalue weighted by atomic mass is 9.93. The van der Waals surface area contributed by atoms with Gasteiger partial charge in [-0.3, -0.25) is 9.59 Å². The molecule has 3 aromatic rings. The Morgan fingerprint density at radius 1 is 1.03 bits per heavy atom. The fraction of sp³-hybridized carbons (Fsp3) is 0.280. The van der Waals surface area contributed by atoms with Gasteiger partial charge in [-0.05, 0) is 71.8 Å². The summed E-state index contributed by atoms with van der Waals surface area (Å²) in [4.78, 5) is 31.5. The Morgan fingerprint density at radius 2 is 1.69 bits per heavy atom. The van der Waals surface area contributed by atoms with E-state index >= 15 is 0 Å². The number of nitrogens with zero attached hydrogens (tertiary/aromatic N) is 2. The van der Waals surface area contributed by atoms with Crippen LogP contribution in [0.5, 0.6) is 0 Å². The van der Waals surface area contributed by atoms with Crippen LogP contribution in [0.2, 0.25) is 10.0 Å². The number of rotatable bonds is 6. The lowest BCUT2D eigenvalue weighted by Crippen LogP contribution is -2.47. The van der Waals surface area contributed by atoms with Crippen LogP contribution in [0.3, 0.4) is 0 Å². The molecule has 0 saturated heterocycles. The molecule has 1 unspecified atom stereocenters. The molecule has 4 rings (SSSR count). The fourth-order valence-corrected chi connectivity index (χ4v) is 5.30. The van der Waals surface area contributed by atoms with Crippen molar-refractivity contribution in [3.63, 3.8) is 0 Å². The molecule has 166 valence electrons. The molecule has 1 atom stereocenters. The number of hydrogen-bond donors (Lipinski definition) is 0. The maximum Gasteiger partial charge on any atom is 0.254 e. The van der Waals surface area contributed by atoms with Crippen molar-refractivity contribution in [1.82, 2.24) is 9.80 Å². The van der Waals surface area contributed by atoms with E-state index in [1.165, 1.54) is 4.88 Å². The molecular weight excluding hydrogens is 463 g/mol. The average Bonchev–Trinajstić information content (AvgIpc) is 3.28. The summed E-state index contributed by atoms with van der Waals surface area (Å²) < 4.78 is 0. The highest BCUT2D eigenvalue weighted by Gasteiger charge is 2.34. The maximum atomic E-state index is 13.5. The lowest BCUT2D eigenvalue weighted by Gasteiger charge is -2.37. The third-order valence-electron chi connectivity index (χ3n) is 5.67. The largest absolute Gasteiger partial charge is 0.330 e. The van der Waals surface area contributed by atoms with Gasteiger partial charge in [0.1, 0.15) is 6.54 Å². The van der Waals surface area contributed by atoms with Gasteiger partial charge >= 0.3 is 0 Å². The van der Waals surface area contributed by atoms with Crippen LogP contribution >= 0.6 is 34.5 Å². The topological polar surface area (TPSA) is 40.6 Å². The number of fused-ring (bicyclic) bond motifs is 1. The summed E-state index contributed by atoms with van der Waals surface area (Å²) in [6, 6.07) is 16.4. The van der Waals surface area contributed by atoms with E-state index < -0.39 is 0 Å². The first-order valence-corrected chi connectivity index (χ1v) is 12.3. The zero-order valence-corrected chi connectivity index (χ0v) is 20.1. The predicted octanol–water partition coefficient (Wildman–Crippen LogP) is 6.08. The second-order valence-corrected chi connectivity index (χ2v) is 9.70. The van der Waals surface area contributed by atoms with Crippen molar-refractivity contribution >= 4 is 46.4 Å². The Balaban J connectivity index is 1.60. The zero-order chi connectivity index (χ0) is 22.7. The molecule has 0 saturated carbocycles. The molecule has 0 N–H and O–H groups in total. The standard InChI is InChI=1S/C25H24Cl2N2O2S/c1-2-13-28(25(31)18-5-9-20(27)10-6-18)16-23(30)29-14-11-22-21(12-15-32-22)24(29)17-3-7-19(26)8-4-17/h3-10,12,15,24H,2,11,13-14,16H2,1H3. The van der Waals surface area contributed by atoms with E-state index in [1.54, 1.807) is 40.5 Å². The molecule has 2 heterocycles. The van der Waals surface area contributed by atoms with Crippen LogP contribution in [0.15, 0.2) is 60.0 Å². The number of hydrogen-bond acceptors (Lipinski definition) is 3. The third-order valence-corrected chi connectivity index (χ3v) is 7.17. The Morgan fingerprint density at radius 3 is 2.34 bits per heavy atom. The maximum absolute atomic E-state index is 13.5. The van der Waals surface area contributed by atoms with Crippen LogP contribution in [0.1, 0.15) is 45.7 Å². The van der Waals surface area contributed by atoms with E-state index in [9.17, 15) is 9.59 Å². The molecule has 0 spiro atoms. The number of halogens is 2. The van der Waals surface area contributed by atoms with Gasteiger partial charge in [0.2, 0.25) is 5.91 Å². The highest BCUT2D eigenvalue weighted by molar-refractivity contribution is 7.10. The molecular formula is C25H24Cl2N2O2S. The molecule has 2 amide bonds. The Labute approximate surface area is 202 Å². The number of carbonyl (C=O) groups excluding carboxylic acids is 2. The highest BCUT2D eigenvalue weighted by Crippen LogP contribution is 2.38. The van der Waals surface area contributed by atoms with Gasteiger partial charge in [0.05, 0.1) is 6.04 Å². The van der Waals surface area contributed by atoms with Gasteiger partial charge in [-0.15, -0.1) is 11.3 Å². The summed E-state index contributed by atoms with van der Waals surface area (Å²) >= 11 is 13.8. The number of amides is 2. The number of carbonyl (C=O) groups is 2. The van der Waals surface area contributed by atoms with E-state index in [-0.39, 0.29) is 24.4 Å². The molecule has 4 nitrogen and oxygen atoms in total. The van der Waals surface area contributed by atoms with E-state index in [4.69, 9.17) is 23.2 Å². The van der Waals surface area contributed by atoms with Crippen LogP contribution in [0.4, 0.5) is 0 Å². The summed E-state index contributed by atoms with van der Waals surface area (Å²) in [5, 5.41) is 3.32. The minimum atomic E-state index is -0.177. The summed E-state index contributed by atoms with van der Waals surface area (Å²) in [5.74, 6) is -0.217. The molecule has 0 aliphatic carbocycles. The quantitative estimate of drug-likeness (QED) is 0.423. The van der Waals surface area contributed by atoms with Gasteiger partial charge in [-0.2, -0.15) is 0 Å². The van der Waals surface area contributed by atoms with E-state index in [0.717, 1.165) is 24.0 Å². The van der Waals surface area contributed by atoms with Gasteiger partial charge < -0.3 is 9.80 Å². The van der Waals surface area contributed by atoms with Crippen molar-refractivity contribution in [3.8, 4) is 0 Å². The summed E-state index contributed by atoms with van der Waals surface area (Å²) in [5.41, 5.74) is 2.71. The lowest BCUT2D eigenvalue weighted by molar-refractivity contribution is -0.134. The monoisotopic (exact) mass is 486 g/mol. The zero-order valence-electron chi connectivity index (χ0n) is 17.8. The van der Waals surface area contributed by atoms with Gasteiger partial charge in [-0.25, -0.2) is 0 Å². The molecule has 1 aliphatic rings. The molecule has 0 radical (unpaired) electrons. The van der Waals surface area contributed by atoms with Crippen molar-refractivity contribution in [2.75, 3.05) is 19.6 Å². The molecule has 1 aliphatic heterocycles. The predicted molar refractivity (Wildman–Crippen MR) is 131 cm³/mol. The minimum absolute atomic E-state index is 0.0405. The molecule has 32 heavy (non-hydrogen) atoms. The first kappa shape index (κ1) is 22.8. The van der Waals surface area contributed by atoms with Gasteiger partial charge in [0, 0.05) is 33.6 Å². The Bertz CT molecular complexity index is 1100. The molecule has 0 bridgehead atoms. The van der Waals surface area contributed by atoms with E-state index in [2.05, 4.69) is 11.4 Å². The fourth-order valence-electron chi connectivity index (χ4n) is 4.14. The van der Waals surface area contributed by atoms with E-state index in [1.807, 2.05) is 36.1 Å². The van der Waals surface area contributed by atoms with Gasteiger partial charge in [-0.1, -0.05) is 42.3 Å². The Hall–Kier alpha value is -2.34. The van der Waals surface area contributed by atoms with Crippen LogP contribution in [0.25, 0.3) is 0 Å². The summed E-state index contributed by atoms with van der Waals surface area (Å²) in [6.45, 7) is 3.17. The summed E-state index contributed by atoms with van der Waals surface area (Å²) in [6.07, 6.45) is 1.59. The number of thiophene rings is 1. The molecule has 0 fully saturated rings. The highest BCUT2D eigenvalue weighted by atomic mass is 35.5. The molecule has 1 aromatic heterocycles. The normalized spacial score (nSPS) is 15.3. The number of benzene rings is 2. The second-order valence-electron chi connectivity index (χ2n) is 7.82. The average molecular weight is 487 g/mol. The minimum Gasteiger partial charge on any atom is -0.330 e. The molecule has 7 heteroatoms. The van der Waals surface area contributed by atoms with Crippen molar-refractivity contribution in [2.24, 2.45) is 0 Å². The van der Waals surface area contributed by atoms with Crippen LogP contribution in [-0.2, 0) is 11.2 Å². The van der Waals surface area contributed by atoms with Crippen LogP contribution in [0, 0.1) is 0 Å². The van der Waals surface area contributed by atoms with Crippen LogP contribution < -0.4 is 0 Å². The van der Waals surface area contributed by atoms with Crippen molar-refractivity contribution in [2.45, 2.75) is 25.8 Å². The second kappa shape index (κ2) is 10.1. The Kier molecular flexibility index (Phi) is 7.19. The third kappa shape index (κ3) is 4.85. The SMILES string of the molecule is CCCN(CC(=O)N1CCc2sccc2C1c1ccc(Cl)cc1)C(=O)c1ccc(Cl)cc1. The van der Waals surface area contributed by atoms with Crippen molar-refractivity contribution in [3.05, 3.63) is 91.6 Å². The first-order valence-electron chi connectivity index (χ1n) is 10.6. The smallest absolute Gasteiger partial charge is 0.254 e. The molecule has 2 aromatic carbocycles. The van der Waals surface area contributed by atoms with Gasteiger partial charge in [0.25, 0.3) is 5.91 Å². The van der Waals surface area contributed by atoms with Crippen molar-refractivity contribution < 1.29 is 9.59 Å². The van der Waals surface area contributed by atoms with E-state index in [0.29, 0.717) is 28.7 Å². The summed E-state index contributed by atoms with van der Waals surface area (Å²) in [7, 11) is 0. The van der Waals surface area contributed by atoms with Crippen molar-refractivity contribution in [1.29, 1.82) is 0 Å². The first-order chi connectivity index (χ1) is 15.5. The van der Waals surface area contributed by atoms with Gasteiger partial charge in [0.15, 0.2) is 0 Å². The van der Waals surface area contributed by atoms with Crippen LogP contribution in [-0.4, -0.2) is 41.2 Å².